The van der Waals surface area contributed by atoms with Crippen LogP contribution in [-0.4, -0.2) is 30.1 Å². The van der Waals surface area contributed by atoms with Crippen molar-refractivity contribution in [2.45, 2.75) is 16.5 Å². The van der Waals surface area contributed by atoms with Gasteiger partial charge >= 0.3 is 5.97 Å². The molecule has 0 aliphatic rings. The normalized spacial score (nSPS) is 12.5. The number of amides is 1. The first kappa shape index (κ1) is 16.2. The monoisotopic (exact) mass is 317 g/mol. The largest absolute Gasteiger partial charge is 0.479 e. The van der Waals surface area contributed by atoms with Gasteiger partial charge in [-0.05, 0) is 31.2 Å². The molecule has 1 aromatic carbocycles. The molecule has 1 amide bonds. The highest BCUT2D eigenvalue weighted by Crippen LogP contribution is 2.21. The van der Waals surface area contributed by atoms with E-state index in [0.29, 0.717) is 11.3 Å². The molecule has 0 heterocycles. The number of anilines is 1. The fourth-order valence-electron chi connectivity index (χ4n) is 1.22. The smallest absolute Gasteiger partial charge is 0.337 e. The van der Waals surface area contributed by atoms with Crippen molar-refractivity contribution in [3.8, 4) is 0 Å². The molecule has 20 heavy (non-hydrogen) atoms. The van der Waals surface area contributed by atoms with Gasteiger partial charge in [0.25, 0.3) is 5.91 Å². The molecular weight excluding hydrogens is 306 g/mol. The Balaban J connectivity index is 3.00. The number of carboxylic acids is 1. The van der Waals surface area contributed by atoms with Crippen molar-refractivity contribution in [3.05, 3.63) is 36.4 Å². The molecule has 8 heteroatoms. The summed E-state index contributed by atoms with van der Waals surface area (Å²) in [5, 5.41) is 11.1. The van der Waals surface area contributed by atoms with Crippen molar-refractivity contribution < 1.29 is 23.1 Å². The van der Waals surface area contributed by atoms with Crippen LogP contribution in [0.4, 0.5) is 5.69 Å². The fraction of sp³-hybridized carbons (Fsp3) is 0.167. The number of alkyl halides is 1. The molecule has 1 atom stereocenters. The standard InChI is InChI=1S/C12H12ClNO5S/c1-7(2)11(15)14-8-3-5-9(6-4-8)20(18,19)10(13)12(16)17/h3-6,10H,1H2,2H3,(H,14,15)(H,16,17). The quantitative estimate of drug-likeness (QED) is 0.635. The molecule has 1 aromatic rings. The third-order valence-electron chi connectivity index (χ3n) is 2.29. The third-order valence-corrected chi connectivity index (χ3v) is 4.86. The highest BCUT2D eigenvalue weighted by atomic mass is 35.5. The number of hydrogen-bond acceptors (Lipinski definition) is 4. The van der Waals surface area contributed by atoms with Crippen LogP contribution in [0.3, 0.4) is 0 Å². The van der Waals surface area contributed by atoms with Gasteiger partial charge in [-0.1, -0.05) is 18.2 Å². The average Bonchev–Trinajstić information content (AvgIpc) is 2.38. The Morgan fingerprint density at radius 1 is 1.30 bits per heavy atom. The highest BCUT2D eigenvalue weighted by molar-refractivity contribution is 7.94. The first-order valence-electron chi connectivity index (χ1n) is 5.34. The van der Waals surface area contributed by atoms with Crippen molar-refractivity contribution in [2.24, 2.45) is 0 Å². The van der Waals surface area contributed by atoms with Crippen LogP contribution in [0, 0.1) is 0 Å². The molecule has 0 spiro atoms. The minimum atomic E-state index is -4.16. The summed E-state index contributed by atoms with van der Waals surface area (Å²) < 4.78 is 21.5. The highest BCUT2D eigenvalue weighted by Gasteiger charge is 2.31. The second kappa shape index (κ2) is 6.06. The number of benzene rings is 1. The molecular formula is C12H12ClNO5S. The molecule has 0 aliphatic carbocycles. The van der Waals surface area contributed by atoms with E-state index < -0.39 is 26.4 Å². The molecule has 0 fully saturated rings. The van der Waals surface area contributed by atoms with Crippen LogP contribution in [0.2, 0.25) is 0 Å². The summed E-state index contributed by atoms with van der Waals surface area (Å²) in [5.74, 6) is -2.05. The molecule has 1 rings (SSSR count). The minimum absolute atomic E-state index is 0.242. The van der Waals surface area contributed by atoms with Crippen molar-refractivity contribution in [1.29, 1.82) is 0 Å². The maximum atomic E-state index is 11.8. The number of sulfone groups is 1. The first-order chi connectivity index (χ1) is 9.16. The third kappa shape index (κ3) is 3.58. The lowest BCUT2D eigenvalue weighted by Gasteiger charge is -2.08. The van der Waals surface area contributed by atoms with Gasteiger partial charge in [0, 0.05) is 11.3 Å². The van der Waals surface area contributed by atoms with Crippen LogP contribution in [-0.2, 0) is 19.4 Å². The van der Waals surface area contributed by atoms with Crippen LogP contribution in [0.25, 0.3) is 0 Å². The topological polar surface area (TPSA) is 101 Å². The molecule has 0 bridgehead atoms. The average molecular weight is 318 g/mol. The number of carbonyl (C=O) groups excluding carboxylic acids is 1. The molecule has 0 aliphatic heterocycles. The molecule has 1 unspecified atom stereocenters. The second-order valence-corrected chi connectivity index (χ2v) is 6.69. The first-order valence-corrected chi connectivity index (χ1v) is 7.32. The number of carboxylic acid groups (broad SMARTS) is 1. The van der Waals surface area contributed by atoms with Gasteiger partial charge in [-0.15, -0.1) is 0 Å². The van der Waals surface area contributed by atoms with Gasteiger partial charge in [-0.2, -0.15) is 0 Å². The van der Waals surface area contributed by atoms with Crippen molar-refractivity contribution >= 4 is 39.0 Å². The van der Waals surface area contributed by atoms with Crippen LogP contribution in [0.15, 0.2) is 41.3 Å². The summed E-state index contributed by atoms with van der Waals surface area (Å²) in [7, 11) is -4.16. The number of rotatable bonds is 5. The predicted molar refractivity (Wildman–Crippen MR) is 74.3 cm³/mol. The van der Waals surface area contributed by atoms with Gasteiger partial charge in [-0.3, -0.25) is 4.79 Å². The zero-order valence-corrected chi connectivity index (χ0v) is 12.0. The van der Waals surface area contributed by atoms with E-state index in [-0.39, 0.29) is 4.90 Å². The summed E-state index contributed by atoms with van der Waals surface area (Å²) in [6.07, 6.45) is 0. The van der Waals surface area contributed by atoms with E-state index in [4.69, 9.17) is 16.7 Å². The molecule has 0 radical (unpaired) electrons. The molecule has 6 nitrogen and oxygen atoms in total. The predicted octanol–water partition coefficient (Wildman–Crippen LogP) is 1.62. The molecule has 0 saturated carbocycles. The van der Waals surface area contributed by atoms with Crippen molar-refractivity contribution in [3.63, 3.8) is 0 Å². The van der Waals surface area contributed by atoms with Crippen LogP contribution < -0.4 is 5.32 Å². The van der Waals surface area contributed by atoms with Gasteiger partial charge in [0.1, 0.15) is 0 Å². The Hall–Kier alpha value is -1.86. The van der Waals surface area contributed by atoms with Gasteiger partial charge in [-0.25, -0.2) is 13.2 Å². The number of nitrogens with one attached hydrogen (secondary N) is 1. The minimum Gasteiger partial charge on any atom is -0.479 e. The Labute approximate surface area is 121 Å². The van der Waals surface area contributed by atoms with Crippen LogP contribution in [0.1, 0.15) is 6.92 Å². The SMILES string of the molecule is C=C(C)C(=O)Nc1ccc(S(=O)(=O)C(Cl)C(=O)O)cc1. The Morgan fingerprint density at radius 2 is 1.80 bits per heavy atom. The van der Waals surface area contributed by atoms with Gasteiger partial charge in [0.05, 0.1) is 4.90 Å². The van der Waals surface area contributed by atoms with Crippen molar-refractivity contribution in [1.82, 2.24) is 0 Å². The Bertz CT molecular complexity index is 651. The van der Waals surface area contributed by atoms with Crippen LogP contribution in [0.5, 0.6) is 0 Å². The summed E-state index contributed by atoms with van der Waals surface area (Å²) in [4.78, 5) is 21.8. The van der Waals surface area contributed by atoms with Crippen LogP contribution >= 0.6 is 11.6 Å². The second-order valence-electron chi connectivity index (χ2n) is 3.96. The van der Waals surface area contributed by atoms with E-state index in [1.165, 1.54) is 31.2 Å². The fourth-order valence-corrected chi connectivity index (χ4v) is 2.55. The number of carbonyl (C=O) groups is 2. The maximum absolute atomic E-state index is 11.8. The number of aliphatic carboxylic acids is 1. The van der Waals surface area contributed by atoms with Gasteiger partial charge in [0.2, 0.25) is 14.5 Å². The van der Waals surface area contributed by atoms with E-state index in [1.807, 2.05) is 0 Å². The lowest BCUT2D eigenvalue weighted by Crippen LogP contribution is -2.24. The summed E-state index contributed by atoms with van der Waals surface area (Å²) in [5.41, 5.74) is 0.659. The zero-order chi connectivity index (χ0) is 15.5. The summed E-state index contributed by atoms with van der Waals surface area (Å²) >= 11 is 5.34. The molecule has 0 aromatic heterocycles. The zero-order valence-electron chi connectivity index (χ0n) is 10.5. The molecule has 108 valence electrons. The lowest BCUT2D eigenvalue weighted by atomic mass is 10.3. The van der Waals surface area contributed by atoms with Gasteiger partial charge in [0.15, 0.2) is 0 Å². The number of halogens is 1. The molecule has 0 saturated heterocycles. The maximum Gasteiger partial charge on any atom is 0.337 e. The lowest BCUT2D eigenvalue weighted by molar-refractivity contribution is -0.134. The van der Waals surface area contributed by atoms with E-state index in [1.54, 1.807) is 0 Å². The van der Waals surface area contributed by atoms with E-state index in [9.17, 15) is 18.0 Å². The van der Waals surface area contributed by atoms with Crippen molar-refractivity contribution in [2.75, 3.05) is 5.32 Å². The van der Waals surface area contributed by atoms with Gasteiger partial charge < -0.3 is 10.4 Å². The Kier molecular flexibility index (Phi) is 4.91. The Morgan fingerprint density at radius 3 is 2.20 bits per heavy atom. The number of hydrogen-bond donors (Lipinski definition) is 2. The molecule has 2 N–H and O–H groups in total. The van der Waals surface area contributed by atoms with E-state index in [2.05, 4.69) is 11.9 Å². The summed E-state index contributed by atoms with van der Waals surface area (Å²) in [6.45, 7) is 4.99. The summed E-state index contributed by atoms with van der Waals surface area (Å²) in [6, 6.07) is 5.00. The van der Waals surface area contributed by atoms with E-state index >= 15 is 0 Å². The van der Waals surface area contributed by atoms with E-state index in [0.717, 1.165) is 0 Å².